The molecule has 2 aromatic carbocycles. The van der Waals surface area contributed by atoms with Gasteiger partial charge in [-0.1, -0.05) is 12.1 Å². The first-order chi connectivity index (χ1) is 18.9. The summed E-state index contributed by atoms with van der Waals surface area (Å²) in [7, 11) is 6.21. The van der Waals surface area contributed by atoms with Gasteiger partial charge in [-0.05, 0) is 24.1 Å². The number of ether oxygens (including phenoxy) is 6. The molecule has 3 heterocycles. The van der Waals surface area contributed by atoms with Gasteiger partial charge in [0.05, 0.1) is 59.3 Å². The number of hydrogen-bond donors (Lipinski definition) is 0. The molecule has 0 bridgehead atoms. The molecule has 2 amide bonds. The Bertz CT molecular complexity index is 1160. The quantitative estimate of drug-likeness (QED) is 0.526. The summed E-state index contributed by atoms with van der Waals surface area (Å²) in [5.41, 5.74) is 1.41. The van der Waals surface area contributed by atoms with Crippen LogP contribution in [0, 0.1) is 5.92 Å². The number of hydrogen-bond acceptors (Lipinski definition) is 8. The molecule has 1 spiro atoms. The van der Waals surface area contributed by atoms with E-state index in [2.05, 4.69) is 0 Å². The maximum atomic E-state index is 14.1. The van der Waals surface area contributed by atoms with Crippen molar-refractivity contribution >= 4 is 17.5 Å². The maximum absolute atomic E-state index is 14.1. The molecule has 0 radical (unpaired) electrons. The Morgan fingerprint density at radius 1 is 0.897 bits per heavy atom. The van der Waals surface area contributed by atoms with Crippen LogP contribution in [-0.2, 0) is 19.1 Å². The lowest BCUT2D eigenvalue weighted by Crippen LogP contribution is -2.53. The number of carbonyl (C=O) groups is 2. The number of anilines is 1. The zero-order valence-electron chi connectivity index (χ0n) is 22.9. The fraction of sp³-hybridized carbons (Fsp3) is 0.517. The summed E-state index contributed by atoms with van der Waals surface area (Å²) in [6.45, 7) is 2.26. The van der Waals surface area contributed by atoms with Gasteiger partial charge >= 0.3 is 0 Å². The number of methoxy groups -OCH3 is 4. The Balaban J connectivity index is 1.53. The summed E-state index contributed by atoms with van der Waals surface area (Å²) in [5.74, 6) is 0.903. The molecular weight excluding hydrogens is 504 g/mol. The van der Waals surface area contributed by atoms with Crippen LogP contribution in [0.3, 0.4) is 0 Å². The van der Waals surface area contributed by atoms with Crippen molar-refractivity contribution in [3.05, 3.63) is 42.0 Å². The van der Waals surface area contributed by atoms with Gasteiger partial charge in [0.15, 0.2) is 17.3 Å². The average molecular weight is 541 g/mol. The Morgan fingerprint density at radius 3 is 2.05 bits per heavy atom. The van der Waals surface area contributed by atoms with E-state index in [1.807, 2.05) is 29.2 Å². The third-order valence-corrected chi connectivity index (χ3v) is 7.95. The fourth-order valence-electron chi connectivity index (χ4n) is 5.93. The maximum Gasteiger partial charge on any atom is 0.228 e. The molecule has 10 nitrogen and oxygen atoms in total. The van der Waals surface area contributed by atoms with E-state index in [0.717, 1.165) is 5.56 Å². The Kier molecular flexibility index (Phi) is 7.86. The number of rotatable bonds is 7. The van der Waals surface area contributed by atoms with Gasteiger partial charge in [0.2, 0.25) is 17.6 Å². The zero-order chi connectivity index (χ0) is 27.6. The third kappa shape index (κ3) is 5.10. The monoisotopic (exact) mass is 540 g/mol. The van der Waals surface area contributed by atoms with Gasteiger partial charge in [-0.25, -0.2) is 0 Å². The van der Waals surface area contributed by atoms with Crippen LogP contribution in [0.5, 0.6) is 23.0 Å². The molecule has 210 valence electrons. The van der Waals surface area contributed by atoms with Crippen LogP contribution < -0.4 is 23.8 Å². The van der Waals surface area contributed by atoms with Crippen molar-refractivity contribution in [3.8, 4) is 23.0 Å². The Morgan fingerprint density at radius 2 is 1.51 bits per heavy atom. The first-order valence-corrected chi connectivity index (χ1v) is 13.3. The lowest BCUT2D eigenvalue weighted by atomic mass is 9.82. The van der Waals surface area contributed by atoms with Crippen molar-refractivity contribution in [2.24, 2.45) is 5.92 Å². The third-order valence-electron chi connectivity index (χ3n) is 7.95. The van der Waals surface area contributed by atoms with Gasteiger partial charge in [0.1, 0.15) is 5.75 Å². The number of benzene rings is 2. The number of carbonyl (C=O) groups excluding carboxylic acids is 2. The average Bonchev–Trinajstić information content (AvgIpc) is 3.43. The van der Waals surface area contributed by atoms with E-state index in [9.17, 15) is 9.59 Å². The second-order valence-electron chi connectivity index (χ2n) is 9.94. The standard InChI is InChI=1S/C29H36N2O8/c1-34-21-7-5-19(6-8-21)26-22(28(33)30-13-11-29(12-14-30)38-15-16-39-29)9-10-25(32)31(26)20-17-23(35-2)27(37-4)24(18-20)36-3/h5-8,17-18,22,26H,9-16H2,1-4H3/t22-,26+/m0/s1. The van der Waals surface area contributed by atoms with Crippen molar-refractivity contribution in [2.45, 2.75) is 37.5 Å². The van der Waals surface area contributed by atoms with Gasteiger partial charge in [0, 0.05) is 44.5 Å². The van der Waals surface area contributed by atoms with Crippen molar-refractivity contribution in [2.75, 3.05) is 59.6 Å². The Hall–Kier alpha value is -3.50. The molecule has 0 unspecified atom stereocenters. The van der Waals surface area contributed by atoms with E-state index >= 15 is 0 Å². The summed E-state index contributed by atoms with van der Waals surface area (Å²) >= 11 is 0. The van der Waals surface area contributed by atoms with Gasteiger partial charge in [0.25, 0.3) is 0 Å². The summed E-state index contributed by atoms with van der Waals surface area (Å²) in [5, 5.41) is 0. The summed E-state index contributed by atoms with van der Waals surface area (Å²) < 4.78 is 33.7. The highest BCUT2D eigenvalue weighted by Crippen LogP contribution is 2.47. The normalized spacial score (nSPS) is 22.6. The predicted molar refractivity (Wildman–Crippen MR) is 142 cm³/mol. The zero-order valence-corrected chi connectivity index (χ0v) is 22.9. The highest BCUT2D eigenvalue weighted by Gasteiger charge is 2.46. The molecule has 5 rings (SSSR count). The summed E-state index contributed by atoms with van der Waals surface area (Å²) in [6.07, 6.45) is 1.95. The molecule has 3 saturated heterocycles. The van der Waals surface area contributed by atoms with Crippen LogP contribution in [0.15, 0.2) is 36.4 Å². The van der Waals surface area contributed by atoms with Crippen LogP contribution >= 0.6 is 0 Å². The molecule has 3 aliphatic rings. The molecular formula is C29H36N2O8. The molecule has 10 heteroatoms. The molecule has 2 atom stereocenters. The highest BCUT2D eigenvalue weighted by atomic mass is 16.7. The van der Waals surface area contributed by atoms with E-state index in [-0.39, 0.29) is 18.2 Å². The molecule has 0 aromatic heterocycles. The van der Waals surface area contributed by atoms with Gasteiger partial charge in [-0.15, -0.1) is 0 Å². The van der Waals surface area contributed by atoms with Crippen LogP contribution in [0.1, 0.15) is 37.3 Å². The topological polar surface area (TPSA) is 96.0 Å². The molecule has 39 heavy (non-hydrogen) atoms. The van der Waals surface area contributed by atoms with Crippen LogP contribution in [-0.4, -0.2) is 77.2 Å². The van der Waals surface area contributed by atoms with E-state index in [4.69, 9.17) is 28.4 Å². The molecule has 0 saturated carbocycles. The van der Waals surface area contributed by atoms with E-state index in [0.29, 0.717) is 74.3 Å². The predicted octanol–water partition coefficient (Wildman–Crippen LogP) is 3.57. The molecule has 2 aromatic rings. The van der Waals surface area contributed by atoms with Crippen molar-refractivity contribution in [3.63, 3.8) is 0 Å². The minimum atomic E-state index is -0.572. The first kappa shape index (κ1) is 27.1. The molecule has 0 aliphatic carbocycles. The minimum Gasteiger partial charge on any atom is -0.497 e. The summed E-state index contributed by atoms with van der Waals surface area (Å²) in [4.78, 5) is 31.3. The molecule has 3 fully saturated rings. The largest absolute Gasteiger partial charge is 0.497 e. The molecule has 0 N–H and O–H groups in total. The van der Waals surface area contributed by atoms with Crippen molar-refractivity contribution < 1.29 is 38.0 Å². The number of likely N-dealkylation sites (tertiary alicyclic amines) is 1. The smallest absolute Gasteiger partial charge is 0.228 e. The lowest BCUT2D eigenvalue weighted by Gasteiger charge is -2.44. The SMILES string of the molecule is COc1ccc([C@@H]2[C@@H](C(=O)N3CCC4(CC3)OCCO4)CCC(=O)N2c2cc(OC)c(OC)c(OC)c2)cc1. The highest BCUT2D eigenvalue weighted by molar-refractivity contribution is 5.98. The van der Waals surface area contributed by atoms with Crippen LogP contribution in [0.4, 0.5) is 5.69 Å². The van der Waals surface area contributed by atoms with Gasteiger partial charge in [-0.2, -0.15) is 0 Å². The van der Waals surface area contributed by atoms with E-state index < -0.39 is 17.7 Å². The van der Waals surface area contributed by atoms with Gasteiger partial charge < -0.3 is 38.2 Å². The van der Waals surface area contributed by atoms with Crippen molar-refractivity contribution in [1.82, 2.24) is 4.90 Å². The molecule has 3 aliphatic heterocycles. The second kappa shape index (κ2) is 11.3. The number of nitrogens with zero attached hydrogens (tertiary/aromatic N) is 2. The first-order valence-electron chi connectivity index (χ1n) is 13.3. The van der Waals surface area contributed by atoms with Crippen LogP contribution in [0.25, 0.3) is 0 Å². The Labute approximate surface area is 228 Å². The van der Waals surface area contributed by atoms with E-state index in [1.54, 1.807) is 24.1 Å². The lowest BCUT2D eigenvalue weighted by molar-refractivity contribution is -0.188. The summed E-state index contributed by atoms with van der Waals surface area (Å²) in [6, 6.07) is 10.5. The van der Waals surface area contributed by atoms with E-state index in [1.165, 1.54) is 21.3 Å². The van der Waals surface area contributed by atoms with Crippen LogP contribution in [0.2, 0.25) is 0 Å². The second-order valence-corrected chi connectivity index (χ2v) is 9.94. The van der Waals surface area contributed by atoms with Crippen molar-refractivity contribution in [1.29, 1.82) is 0 Å². The minimum absolute atomic E-state index is 0.0219. The number of piperidine rings is 2. The van der Waals surface area contributed by atoms with Gasteiger partial charge in [-0.3, -0.25) is 9.59 Å². The number of amides is 2. The fourth-order valence-corrected chi connectivity index (χ4v) is 5.93.